The summed E-state index contributed by atoms with van der Waals surface area (Å²) in [5, 5.41) is 6.24. The van der Waals surface area contributed by atoms with Gasteiger partial charge < -0.3 is 15.5 Å². The Hall–Kier alpha value is -1.38. The molecule has 1 aromatic rings. The van der Waals surface area contributed by atoms with Crippen molar-refractivity contribution < 1.29 is 4.79 Å². The summed E-state index contributed by atoms with van der Waals surface area (Å²) in [5.41, 5.74) is 1.41. The minimum atomic E-state index is -0.0450. The van der Waals surface area contributed by atoms with E-state index < -0.39 is 0 Å². The van der Waals surface area contributed by atoms with E-state index in [-0.39, 0.29) is 29.9 Å². The molecule has 2 fully saturated rings. The van der Waals surface area contributed by atoms with Crippen LogP contribution in [0.4, 0.5) is 5.82 Å². The predicted molar refractivity (Wildman–Crippen MR) is 121 cm³/mol. The Morgan fingerprint density at radius 3 is 2.78 bits per heavy atom. The lowest BCUT2D eigenvalue weighted by Crippen LogP contribution is -2.41. The number of amides is 1. The number of guanidine groups is 1. The second-order valence-electron chi connectivity index (χ2n) is 7.58. The molecule has 27 heavy (non-hydrogen) atoms. The smallest absolute Gasteiger partial charge is 0.227 e. The molecule has 2 heterocycles. The third-order valence-electron chi connectivity index (χ3n) is 5.49. The minimum Gasteiger partial charge on any atom is -0.357 e. The van der Waals surface area contributed by atoms with Gasteiger partial charge in [-0.15, -0.1) is 24.0 Å². The van der Waals surface area contributed by atoms with Crippen LogP contribution < -0.4 is 10.6 Å². The molecule has 7 heteroatoms. The van der Waals surface area contributed by atoms with E-state index in [9.17, 15) is 4.79 Å². The molecular weight excluding hydrogens is 453 g/mol. The van der Waals surface area contributed by atoms with Gasteiger partial charge in [-0.3, -0.25) is 9.79 Å². The molecule has 0 unspecified atom stereocenters. The standard InChI is InChI=1S/C20H31N5O.HI/c1-3-21-19(25-14-12-20(15-25)10-4-5-11-20)22-13-9-18(26)24-17-8-6-7-16(2)23-17;/h6-8H,3-5,9-15H2,1-2H3,(H,21,22)(H,23,24,26);1H. The summed E-state index contributed by atoms with van der Waals surface area (Å²) >= 11 is 0. The summed E-state index contributed by atoms with van der Waals surface area (Å²) < 4.78 is 0. The third-order valence-corrected chi connectivity index (χ3v) is 5.49. The number of anilines is 1. The largest absolute Gasteiger partial charge is 0.357 e. The van der Waals surface area contributed by atoms with Crippen molar-refractivity contribution in [3.05, 3.63) is 23.9 Å². The van der Waals surface area contributed by atoms with Crippen molar-refractivity contribution in [2.24, 2.45) is 10.4 Å². The molecule has 0 atom stereocenters. The molecule has 1 aliphatic carbocycles. The Balaban J connectivity index is 0.00000261. The van der Waals surface area contributed by atoms with Crippen molar-refractivity contribution >= 4 is 41.7 Å². The molecule has 1 aliphatic heterocycles. The maximum atomic E-state index is 12.1. The van der Waals surface area contributed by atoms with Crippen LogP contribution in [-0.4, -0.2) is 47.9 Å². The number of hydrogen-bond acceptors (Lipinski definition) is 3. The second-order valence-corrected chi connectivity index (χ2v) is 7.58. The number of hydrogen-bond donors (Lipinski definition) is 2. The first-order valence-corrected chi connectivity index (χ1v) is 9.87. The zero-order chi connectivity index (χ0) is 18.4. The highest BCUT2D eigenvalue weighted by molar-refractivity contribution is 14.0. The average Bonchev–Trinajstić information content (AvgIpc) is 3.24. The number of aromatic nitrogens is 1. The Morgan fingerprint density at radius 2 is 2.07 bits per heavy atom. The Labute approximate surface area is 179 Å². The van der Waals surface area contributed by atoms with Crippen molar-refractivity contribution in [3.63, 3.8) is 0 Å². The highest BCUT2D eigenvalue weighted by Gasteiger charge is 2.41. The Bertz CT molecular complexity index is 658. The number of rotatable bonds is 5. The number of nitrogens with one attached hydrogen (secondary N) is 2. The third kappa shape index (κ3) is 6.05. The van der Waals surface area contributed by atoms with Gasteiger partial charge in [0.25, 0.3) is 0 Å². The van der Waals surface area contributed by atoms with Gasteiger partial charge in [-0.2, -0.15) is 0 Å². The molecule has 150 valence electrons. The Kier molecular flexibility index (Phi) is 8.31. The van der Waals surface area contributed by atoms with Crippen LogP contribution in [0.25, 0.3) is 0 Å². The first kappa shape index (κ1) is 21.9. The van der Waals surface area contributed by atoms with Crippen LogP contribution in [0.2, 0.25) is 0 Å². The molecule has 1 spiro atoms. The van der Waals surface area contributed by atoms with E-state index in [4.69, 9.17) is 4.99 Å². The average molecular weight is 485 g/mol. The number of likely N-dealkylation sites (tertiary alicyclic amines) is 1. The lowest BCUT2D eigenvalue weighted by atomic mass is 9.86. The molecule has 0 aromatic carbocycles. The van der Waals surface area contributed by atoms with Gasteiger partial charge in [-0.05, 0) is 50.7 Å². The molecule has 2 aliphatic rings. The lowest BCUT2D eigenvalue weighted by molar-refractivity contribution is -0.116. The van der Waals surface area contributed by atoms with E-state index in [1.54, 1.807) is 0 Å². The highest BCUT2D eigenvalue weighted by Crippen LogP contribution is 2.45. The zero-order valence-corrected chi connectivity index (χ0v) is 18.8. The quantitative estimate of drug-likeness (QED) is 0.380. The molecular formula is C20H32IN5O. The van der Waals surface area contributed by atoms with Crippen molar-refractivity contribution in [2.45, 2.75) is 52.4 Å². The van der Waals surface area contributed by atoms with Crippen LogP contribution in [0.15, 0.2) is 23.2 Å². The zero-order valence-electron chi connectivity index (χ0n) is 16.5. The summed E-state index contributed by atoms with van der Waals surface area (Å²) in [6.45, 7) is 7.53. The molecule has 6 nitrogen and oxygen atoms in total. The number of aliphatic imine (C=N–C) groups is 1. The summed E-state index contributed by atoms with van der Waals surface area (Å²) in [6.07, 6.45) is 7.09. The van der Waals surface area contributed by atoms with Crippen LogP contribution >= 0.6 is 24.0 Å². The number of carbonyl (C=O) groups excluding carboxylic acids is 1. The van der Waals surface area contributed by atoms with Crippen LogP contribution in [-0.2, 0) is 4.79 Å². The normalized spacial score (nSPS) is 18.4. The van der Waals surface area contributed by atoms with Crippen LogP contribution in [0.3, 0.4) is 0 Å². The van der Waals surface area contributed by atoms with E-state index in [0.29, 0.717) is 24.2 Å². The number of carbonyl (C=O) groups is 1. The van der Waals surface area contributed by atoms with Crippen LogP contribution in [0.1, 0.15) is 51.1 Å². The van der Waals surface area contributed by atoms with Gasteiger partial charge in [0.1, 0.15) is 5.82 Å². The first-order chi connectivity index (χ1) is 12.6. The molecule has 1 aromatic heterocycles. The molecule has 1 saturated carbocycles. The number of aryl methyl sites for hydroxylation is 1. The topological polar surface area (TPSA) is 69.6 Å². The van der Waals surface area contributed by atoms with Gasteiger partial charge in [-0.1, -0.05) is 18.9 Å². The minimum absolute atomic E-state index is 0. The van der Waals surface area contributed by atoms with E-state index in [2.05, 4.69) is 27.4 Å². The monoisotopic (exact) mass is 485 g/mol. The second kappa shape index (κ2) is 10.2. The maximum Gasteiger partial charge on any atom is 0.227 e. The van der Waals surface area contributed by atoms with Gasteiger partial charge in [0.05, 0.1) is 6.54 Å². The van der Waals surface area contributed by atoms with Gasteiger partial charge in [-0.25, -0.2) is 4.98 Å². The SMILES string of the molecule is CCNC(=NCCC(=O)Nc1cccc(C)n1)N1CCC2(CCCC2)C1.I. The first-order valence-electron chi connectivity index (χ1n) is 9.87. The molecule has 0 bridgehead atoms. The molecule has 0 radical (unpaired) electrons. The van der Waals surface area contributed by atoms with Gasteiger partial charge in [0.2, 0.25) is 5.91 Å². The molecule has 2 N–H and O–H groups in total. The fraction of sp³-hybridized carbons (Fsp3) is 0.650. The summed E-state index contributed by atoms with van der Waals surface area (Å²) in [5.74, 6) is 1.52. The Morgan fingerprint density at radius 1 is 1.30 bits per heavy atom. The maximum absolute atomic E-state index is 12.1. The fourth-order valence-corrected chi connectivity index (χ4v) is 4.16. The molecule has 3 rings (SSSR count). The number of halogens is 1. The lowest BCUT2D eigenvalue weighted by Gasteiger charge is -2.25. The van der Waals surface area contributed by atoms with Gasteiger partial charge in [0.15, 0.2) is 5.96 Å². The fourth-order valence-electron chi connectivity index (χ4n) is 4.16. The highest BCUT2D eigenvalue weighted by atomic mass is 127. The van der Waals surface area contributed by atoms with E-state index in [0.717, 1.165) is 31.3 Å². The van der Waals surface area contributed by atoms with Crippen molar-refractivity contribution in [1.29, 1.82) is 0 Å². The van der Waals surface area contributed by atoms with Gasteiger partial charge in [0, 0.05) is 31.7 Å². The van der Waals surface area contributed by atoms with E-state index in [1.165, 1.54) is 32.1 Å². The number of nitrogens with zero attached hydrogens (tertiary/aromatic N) is 3. The van der Waals surface area contributed by atoms with Crippen LogP contribution in [0, 0.1) is 12.3 Å². The van der Waals surface area contributed by atoms with Crippen LogP contribution in [0.5, 0.6) is 0 Å². The summed E-state index contributed by atoms with van der Waals surface area (Å²) in [6, 6.07) is 5.62. The predicted octanol–water partition coefficient (Wildman–Crippen LogP) is 3.57. The summed E-state index contributed by atoms with van der Waals surface area (Å²) in [7, 11) is 0. The molecule has 1 saturated heterocycles. The summed E-state index contributed by atoms with van der Waals surface area (Å²) in [4.78, 5) is 23.5. The van der Waals surface area contributed by atoms with E-state index >= 15 is 0 Å². The van der Waals surface area contributed by atoms with E-state index in [1.807, 2.05) is 25.1 Å². The molecule has 1 amide bonds. The van der Waals surface area contributed by atoms with Crippen molar-refractivity contribution in [3.8, 4) is 0 Å². The van der Waals surface area contributed by atoms with Crippen molar-refractivity contribution in [2.75, 3.05) is 31.5 Å². The van der Waals surface area contributed by atoms with Gasteiger partial charge >= 0.3 is 0 Å². The van der Waals surface area contributed by atoms with Crippen molar-refractivity contribution in [1.82, 2.24) is 15.2 Å². The number of pyridine rings is 1.